The first-order valence-electron chi connectivity index (χ1n) is 13.6. The van der Waals surface area contributed by atoms with Gasteiger partial charge in [-0.1, -0.05) is 18.2 Å². The Morgan fingerprint density at radius 2 is 1.89 bits per heavy atom. The molecule has 0 saturated carbocycles. The van der Waals surface area contributed by atoms with Gasteiger partial charge in [0.1, 0.15) is 5.75 Å². The molecule has 0 atom stereocenters. The van der Waals surface area contributed by atoms with Crippen LogP contribution in [0.4, 0.5) is 20.6 Å². The van der Waals surface area contributed by atoms with Crippen molar-refractivity contribution in [1.82, 2.24) is 14.9 Å². The molecule has 0 spiro atoms. The molecule has 1 aliphatic rings. The van der Waals surface area contributed by atoms with Crippen LogP contribution < -0.4 is 15.4 Å². The predicted octanol–water partition coefficient (Wildman–Crippen LogP) is 6.46. The maximum absolute atomic E-state index is 15.1. The van der Waals surface area contributed by atoms with E-state index in [1.807, 2.05) is 23.1 Å². The number of aromatic nitrogens is 2. The topological polar surface area (TPSA) is 131 Å². The minimum atomic E-state index is -3.57. The number of urea groups is 1. The number of benzene rings is 2. The molecule has 0 aliphatic carbocycles. The zero-order chi connectivity index (χ0) is 30.8. The van der Waals surface area contributed by atoms with Gasteiger partial charge in [-0.05, 0) is 48.4 Å². The van der Waals surface area contributed by atoms with Gasteiger partial charge < -0.3 is 20.3 Å². The number of pyridine rings is 2. The number of anilines is 2. The van der Waals surface area contributed by atoms with Gasteiger partial charge in [-0.15, -0.1) is 11.3 Å². The molecule has 0 unspecified atom stereocenters. The van der Waals surface area contributed by atoms with E-state index >= 15 is 4.39 Å². The Hall–Kier alpha value is -4.88. The first-order chi connectivity index (χ1) is 21.1. The summed E-state index contributed by atoms with van der Waals surface area (Å²) in [6, 6.07) is 16.6. The van der Waals surface area contributed by atoms with Crippen LogP contribution >= 0.6 is 11.3 Å². The predicted molar refractivity (Wildman–Crippen MR) is 166 cm³/mol. The van der Waals surface area contributed by atoms with Gasteiger partial charge >= 0.3 is 6.03 Å². The molecule has 5 aromatic rings. The summed E-state index contributed by atoms with van der Waals surface area (Å²) >= 11 is 1.41. The zero-order valence-corrected chi connectivity index (χ0v) is 25.0. The lowest BCUT2D eigenvalue weighted by atomic mass is 10.2. The quantitative estimate of drug-likeness (QED) is 0.201. The van der Waals surface area contributed by atoms with Crippen LogP contribution in [0.15, 0.2) is 84.0 Å². The molecule has 0 radical (unpaired) electrons. The molecule has 0 bridgehead atoms. The van der Waals surface area contributed by atoms with E-state index in [0.29, 0.717) is 28.9 Å². The number of likely N-dealkylation sites (tertiary alicyclic amines) is 1. The maximum atomic E-state index is 15.1. The Morgan fingerprint density at radius 1 is 1.05 bits per heavy atom. The van der Waals surface area contributed by atoms with Crippen molar-refractivity contribution >= 4 is 54.7 Å². The summed E-state index contributed by atoms with van der Waals surface area (Å²) in [5, 5.41) is 4.99. The summed E-state index contributed by atoms with van der Waals surface area (Å²) in [4.78, 5) is 36.1. The number of carbonyl (C=O) groups is 2. The van der Waals surface area contributed by atoms with Crippen LogP contribution in [0.25, 0.3) is 20.8 Å². The van der Waals surface area contributed by atoms with Crippen LogP contribution in [0.1, 0.15) is 18.4 Å². The van der Waals surface area contributed by atoms with Crippen molar-refractivity contribution in [1.29, 1.82) is 0 Å². The van der Waals surface area contributed by atoms with Gasteiger partial charge in [0.15, 0.2) is 21.4 Å². The Morgan fingerprint density at radius 3 is 2.61 bits per heavy atom. The van der Waals surface area contributed by atoms with E-state index in [-0.39, 0.29) is 27.9 Å². The second-order valence-corrected chi connectivity index (χ2v) is 13.2. The molecule has 1 fully saturated rings. The SMILES string of the molecule is CS(=O)(=O)c1ccccc1NC(=O)Nc1ccc(Oc2ccnc3cc(-c4ccc(CN5CCCC5=O)cn4)sc23)c(F)c1. The molecule has 1 saturated heterocycles. The Kier molecular flexibility index (Phi) is 7.97. The molecular weight excluding hydrogens is 606 g/mol. The monoisotopic (exact) mass is 631 g/mol. The van der Waals surface area contributed by atoms with Crippen molar-refractivity contribution in [2.45, 2.75) is 24.3 Å². The van der Waals surface area contributed by atoms with Crippen molar-refractivity contribution in [3.63, 3.8) is 0 Å². The number of nitrogens with one attached hydrogen (secondary N) is 2. The standard InChI is InChI=1S/C31H26FN5O5S2/c1-44(40,41)28-6-3-2-5-23(28)36-31(39)35-20-9-11-25(21(32)15-20)42-26-12-13-33-24-16-27(43-30(24)26)22-10-8-19(17-34-22)18-37-14-4-7-29(37)38/h2-3,5-6,8-13,15-17H,4,7,14,18H2,1H3,(H2,35,36,39). The van der Waals surface area contributed by atoms with Crippen molar-refractivity contribution in [2.75, 3.05) is 23.4 Å². The summed E-state index contributed by atoms with van der Waals surface area (Å²) in [6.07, 6.45) is 5.87. The van der Waals surface area contributed by atoms with Crippen molar-refractivity contribution in [2.24, 2.45) is 0 Å². The molecule has 224 valence electrons. The van der Waals surface area contributed by atoms with Gasteiger partial charge in [0.25, 0.3) is 0 Å². The van der Waals surface area contributed by atoms with E-state index in [1.165, 1.54) is 35.6 Å². The lowest BCUT2D eigenvalue weighted by molar-refractivity contribution is -0.128. The zero-order valence-electron chi connectivity index (χ0n) is 23.4. The highest BCUT2D eigenvalue weighted by molar-refractivity contribution is 7.90. The largest absolute Gasteiger partial charge is 0.453 e. The summed E-state index contributed by atoms with van der Waals surface area (Å²) in [7, 11) is -3.57. The van der Waals surface area contributed by atoms with Gasteiger partial charge in [-0.3, -0.25) is 14.8 Å². The number of fused-ring (bicyclic) bond motifs is 1. The number of nitrogens with zero attached hydrogens (tertiary/aromatic N) is 3. The highest BCUT2D eigenvalue weighted by Crippen LogP contribution is 2.39. The lowest BCUT2D eigenvalue weighted by Crippen LogP contribution is -2.23. The second kappa shape index (κ2) is 12.0. The third-order valence-electron chi connectivity index (χ3n) is 6.94. The van der Waals surface area contributed by atoms with E-state index in [0.717, 1.165) is 41.4 Å². The number of halogens is 1. The summed E-state index contributed by atoms with van der Waals surface area (Å²) in [6.45, 7) is 1.31. The van der Waals surface area contributed by atoms with Crippen LogP contribution in [0.2, 0.25) is 0 Å². The van der Waals surface area contributed by atoms with E-state index in [9.17, 15) is 18.0 Å². The number of carbonyl (C=O) groups excluding carboxylic acids is 2. The second-order valence-electron chi connectivity index (χ2n) is 10.2. The average Bonchev–Trinajstić information content (AvgIpc) is 3.61. The van der Waals surface area contributed by atoms with E-state index < -0.39 is 21.7 Å². The molecule has 4 heterocycles. The fourth-order valence-corrected chi connectivity index (χ4v) is 6.72. The van der Waals surface area contributed by atoms with Crippen molar-refractivity contribution in [3.8, 4) is 22.1 Å². The van der Waals surface area contributed by atoms with E-state index in [1.54, 1.807) is 30.6 Å². The third kappa shape index (κ3) is 6.38. The number of ether oxygens (including phenoxy) is 1. The molecule has 6 rings (SSSR count). The molecule has 3 aromatic heterocycles. The lowest BCUT2D eigenvalue weighted by Gasteiger charge is -2.15. The number of rotatable bonds is 8. The van der Waals surface area contributed by atoms with Crippen LogP contribution in [0.5, 0.6) is 11.5 Å². The molecular formula is C31H26FN5O5S2. The first kappa shape index (κ1) is 29.2. The average molecular weight is 632 g/mol. The van der Waals surface area contributed by atoms with E-state index in [2.05, 4.69) is 20.6 Å². The minimum Gasteiger partial charge on any atom is -0.453 e. The molecule has 3 amide bonds. The smallest absolute Gasteiger partial charge is 0.323 e. The molecule has 2 N–H and O–H groups in total. The number of amides is 3. The van der Waals surface area contributed by atoms with Crippen LogP contribution in [0.3, 0.4) is 0 Å². The number of thiophene rings is 1. The van der Waals surface area contributed by atoms with Crippen molar-refractivity contribution in [3.05, 3.63) is 90.5 Å². The Labute approximate surface area is 256 Å². The number of para-hydroxylation sites is 1. The molecule has 2 aromatic carbocycles. The minimum absolute atomic E-state index is 0.0338. The van der Waals surface area contributed by atoms with Crippen LogP contribution in [0, 0.1) is 5.82 Å². The molecule has 1 aliphatic heterocycles. The Bertz CT molecular complexity index is 2000. The van der Waals surface area contributed by atoms with Gasteiger partial charge in [0.05, 0.1) is 31.4 Å². The van der Waals surface area contributed by atoms with Crippen molar-refractivity contribution < 1.29 is 27.1 Å². The van der Waals surface area contributed by atoms with Crippen LogP contribution in [-0.2, 0) is 21.2 Å². The maximum Gasteiger partial charge on any atom is 0.323 e. The summed E-state index contributed by atoms with van der Waals surface area (Å²) < 4.78 is 45.7. The fourth-order valence-electron chi connectivity index (χ4n) is 4.83. The number of hydrogen-bond acceptors (Lipinski definition) is 8. The number of hydrogen-bond donors (Lipinski definition) is 2. The number of sulfone groups is 1. The van der Waals surface area contributed by atoms with Gasteiger partial charge in [0, 0.05) is 56.0 Å². The summed E-state index contributed by atoms with van der Waals surface area (Å²) in [5.41, 5.74) is 2.62. The molecule has 10 nitrogen and oxygen atoms in total. The fraction of sp³-hybridized carbons (Fsp3) is 0.161. The summed E-state index contributed by atoms with van der Waals surface area (Å²) in [5.74, 6) is -0.196. The third-order valence-corrected chi connectivity index (χ3v) is 9.26. The molecule has 44 heavy (non-hydrogen) atoms. The highest BCUT2D eigenvalue weighted by Gasteiger charge is 2.20. The van der Waals surface area contributed by atoms with Gasteiger partial charge in [0.2, 0.25) is 5.91 Å². The van der Waals surface area contributed by atoms with E-state index in [4.69, 9.17) is 4.74 Å². The normalized spacial score (nSPS) is 13.3. The Balaban J connectivity index is 1.15. The molecule has 13 heteroatoms. The van der Waals surface area contributed by atoms with Crippen LogP contribution in [-0.4, -0.2) is 48.0 Å². The van der Waals surface area contributed by atoms with Gasteiger partial charge in [-0.25, -0.2) is 17.6 Å². The van der Waals surface area contributed by atoms with Gasteiger partial charge in [-0.2, -0.15) is 0 Å². The highest BCUT2D eigenvalue weighted by atomic mass is 32.2. The first-order valence-corrected chi connectivity index (χ1v) is 16.3.